The van der Waals surface area contributed by atoms with Crippen LogP contribution in [-0.2, 0) is 9.53 Å². The number of hydrogen-bond acceptors (Lipinski definition) is 6. The fourth-order valence-electron chi connectivity index (χ4n) is 1.31. The van der Waals surface area contributed by atoms with E-state index in [9.17, 15) is 19.7 Å². The molecule has 114 valence electrons. The fraction of sp³-hybridized carbons (Fsp3) is 0.385. The van der Waals surface area contributed by atoms with Gasteiger partial charge in [0.1, 0.15) is 12.3 Å². The van der Waals surface area contributed by atoms with E-state index in [4.69, 9.17) is 9.47 Å². The van der Waals surface area contributed by atoms with Crippen molar-refractivity contribution >= 4 is 17.7 Å². The number of alkyl carbamates (subject to hydrolysis) is 1. The van der Waals surface area contributed by atoms with Crippen LogP contribution >= 0.6 is 0 Å². The second kappa shape index (κ2) is 8.51. The van der Waals surface area contributed by atoms with E-state index in [-0.39, 0.29) is 18.0 Å². The quantitative estimate of drug-likeness (QED) is 0.271. The highest BCUT2D eigenvalue weighted by molar-refractivity contribution is 5.79. The third kappa shape index (κ3) is 6.37. The lowest BCUT2D eigenvalue weighted by Crippen LogP contribution is -2.32. The first kappa shape index (κ1) is 16.4. The zero-order valence-electron chi connectivity index (χ0n) is 11.5. The molecule has 1 N–H and O–H groups in total. The van der Waals surface area contributed by atoms with Crippen LogP contribution in [0.4, 0.5) is 10.5 Å². The molecule has 0 bridgehead atoms. The van der Waals surface area contributed by atoms with Crippen molar-refractivity contribution in [2.75, 3.05) is 13.2 Å². The van der Waals surface area contributed by atoms with Crippen LogP contribution < -0.4 is 10.1 Å². The van der Waals surface area contributed by atoms with Gasteiger partial charge in [-0.15, -0.1) is 0 Å². The van der Waals surface area contributed by atoms with Gasteiger partial charge in [0.15, 0.2) is 0 Å². The van der Waals surface area contributed by atoms with E-state index in [1.807, 2.05) is 6.92 Å². The molecule has 0 aliphatic heterocycles. The summed E-state index contributed by atoms with van der Waals surface area (Å²) in [6.07, 6.45) is 0.958. The fourth-order valence-corrected chi connectivity index (χ4v) is 1.31. The number of amides is 1. The Morgan fingerprint density at radius 1 is 1.29 bits per heavy atom. The van der Waals surface area contributed by atoms with Crippen LogP contribution in [0.15, 0.2) is 24.3 Å². The van der Waals surface area contributed by atoms with E-state index >= 15 is 0 Å². The maximum atomic E-state index is 11.4. The lowest BCUT2D eigenvalue weighted by molar-refractivity contribution is -0.384. The zero-order chi connectivity index (χ0) is 15.7. The molecule has 0 aliphatic rings. The number of rotatable bonds is 7. The number of nitrogens with zero attached hydrogens (tertiary/aromatic N) is 1. The van der Waals surface area contributed by atoms with Gasteiger partial charge in [0.05, 0.1) is 11.5 Å². The summed E-state index contributed by atoms with van der Waals surface area (Å²) in [6, 6.07) is 5.04. The van der Waals surface area contributed by atoms with Crippen LogP contribution in [-0.4, -0.2) is 30.1 Å². The van der Waals surface area contributed by atoms with Crippen molar-refractivity contribution < 1.29 is 24.0 Å². The van der Waals surface area contributed by atoms with E-state index in [1.54, 1.807) is 0 Å². The van der Waals surface area contributed by atoms with Gasteiger partial charge in [-0.25, -0.2) is 9.59 Å². The van der Waals surface area contributed by atoms with Crippen LogP contribution in [0, 0.1) is 10.1 Å². The number of esters is 1. The predicted molar refractivity (Wildman–Crippen MR) is 73.0 cm³/mol. The van der Waals surface area contributed by atoms with Gasteiger partial charge >= 0.3 is 12.1 Å². The maximum absolute atomic E-state index is 11.4. The van der Waals surface area contributed by atoms with E-state index in [2.05, 4.69) is 5.32 Å². The molecule has 0 aliphatic carbocycles. The number of non-ortho nitro benzene ring substituents is 1. The molecule has 8 heteroatoms. The van der Waals surface area contributed by atoms with Gasteiger partial charge < -0.3 is 14.8 Å². The third-order valence-corrected chi connectivity index (χ3v) is 2.39. The second-order valence-corrected chi connectivity index (χ2v) is 4.07. The minimum Gasteiger partial charge on any atom is -0.450 e. The summed E-state index contributed by atoms with van der Waals surface area (Å²) in [4.78, 5) is 32.5. The molecule has 0 radical (unpaired) electrons. The third-order valence-electron chi connectivity index (χ3n) is 2.39. The van der Waals surface area contributed by atoms with Crippen LogP contribution in [0.25, 0.3) is 0 Å². The SMILES string of the molecule is CCCCOC(=O)NCC(=O)Oc1ccc([N+](=O)[O-])cc1. The Labute approximate surface area is 121 Å². The van der Waals surface area contributed by atoms with E-state index < -0.39 is 17.0 Å². The molecule has 21 heavy (non-hydrogen) atoms. The summed E-state index contributed by atoms with van der Waals surface area (Å²) in [5, 5.41) is 12.7. The number of nitrogens with one attached hydrogen (secondary N) is 1. The Hall–Kier alpha value is -2.64. The molecule has 1 aromatic rings. The number of carbonyl (C=O) groups is 2. The molecule has 0 spiro atoms. The number of unbranched alkanes of at least 4 members (excludes halogenated alkanes) is 1. The van der Waals surface area contributed by atoms with Crippen molar-refractivity contribution in [3.05, 3.63) is 34.4 Å². The molecule has 0 saturated heterocycles. The molecule has 1 amide bonds. The molecule has 0 saturated carbocycles. The Morgan fingerprint density at radius 2 is 1.95 bits per heavy atom. The van der Waals surface area contributed by atoms with Crippen LogP contribution in [0.1, 0.15) is 19.8 Å². The van der Waals surface area contributed by atoms with Crippen molar-refractivity contribution in [2.24, 2.45) is 0 Å². The number of ether oxygens (including phenoxy) is 2. The summed E-state index contributed by atoms with van der Waals surface area (Å²) >= 11 is 0. The average molecular weight is 296 g/mol. The Bertz CT molecular complexity index is 500. The van der Waals surface area contributed by atoms with Crippen LogP contribution in [0.3, 0.4) is 0 Å². The second-order valence-electron chi connectivity index (χ2n) is 4.07. The van der Waals surface area contributed by atoms with Crippen molar-refractivity contribution in [1.29, 1.82) is 0 Å². The maximum Gasteiger partial charge on any atom is 0.407 e. The number of nitro groups is 1. The van der Waals surface area contributed by atoms with Crippen molar-refractivity contribution in [3.8, 4) is 5.75 Å². The van der Waals surface area contributed by atoms with Crippen LogP contribution in [0.5, 0.6) is 5.75 Å². The molecular formula is C13H16N2O6. The molecule has 1 rings (SSSR count). The van der Waals surface area contributed by atoms with Crippen LogP contribution in [0.2, 0.25) is 0 Å². The van der Waals surface area contributed by atoms with Crippen molar-refractivity contribution in [2.45, 2.75) is 19.8 Å². The molecule has 0 aromatic heterocycles. The highest BCUT2D eigenvalue weighted by atomic mass is 16.6. The highest BCUT2D eigenvalue weighted by Crippen LogP contribution is 2.17. The summed E-state index contributed by atoms with van der Waals surface area (Å²) in [7, 11) is 0. The number of nitro benzene ring substituents is 1. The molecule has 0 unspecified atom stereocenters. The van der Waals surface area contributed by atoms with Crippen molar-refractivity contribution in [3.63, 3.8) is 0 Å². The normalized spacial score (nSPS) is 9.76. The molecule has 0 atom stereocenters. The van der Waals surface area contributed by atoms with Crippen molar-refractivity contribution in [1.82, 2.24) is 5.32 Å². The lowest BCUT2D eigenvalue weighted by Gasteiger charge is -2.06. The van der Waals surface area contributed by atoms with E-state index in [0.29, 0.717) is 6.61 Å². The molecule has 1 aromatic carbocycles. The topological polar surface area (TPSA) is 108 Å². The van der Waals surface area contributed by atoms with Gasteiger partial charge in [0.25, 0.3) is 5.69 Å². The number of carbonyl (C=O) groups excluding carboxylic acids is 2. The monoisotopic (exact) mass is 296 g/mol. The predicted octanol–water partition coefficient (Wildman–Crippen LogP) is 2.03. The Balaban J connectivity index is 2.33. The minimum absolute atomic E-state index is 0.104. The molecular weight excluding hydrogens is 280 g/mol. The summed E-state index contributed by atoms with van der Waals surface area (Å²) in [5.41, 5.74) is -0.104. The van der Waals surface area contributed by atoms with Gasteiger partial charge in [-0.05, 0) is 18.6 Å². The largest absolute Gasteiger partial charge is 0.450 e. The van der Waals surface area contributed by atoms with Gasteiger partial charge in [-0.2, -0.15) is 0 Å². The first-order chi connectivity index (χ1) is 10.0. The smallest absolute Gasteiger partial charge is 0.407 e. The Kier molecular flexibility index (Phi) is 6.66. The summed E-state index contributed by atoms with van der Waals surface area (Å²) in [5.74, 6) is -0.539. The standard InChI is InChI=1S/C13H16N2O6/c1-2-3-8-20-13(17)14-9-12(16)21-11-6-4-10(5-7-11)15(18)19/h4-7H,2-3,8-9H2,1H3,(H,14,17). The minimum atomic E-state index is -0.698. The van der Waals surface area contributed by atoms with Gasteiger partial charge in [-0.1, -0.05) is 13.3 Å². The highest BCUT2D eigenvalue weighted by Gasteiger charge is 2.10. The first-order valence-electron chi connectivity index (χ1n) is 6.38. The molecule has 8 nitrogen and oxygen atoms in total. The Morgan fingerprint density at radius 3 is 2.52 bits per heavy atom. The lowest BCUT2D eigenvalue weighted by atomic mass is 10.3. The first-order valence-corrected chi connectivity index (χ1v) is 6.38. The van der Waals surface area contributed by atoms with E-state index in [1.165, 1.54) is 24.3 Å². The van der Waals surface area contributed by atoms with E-state index in [0.717, 1.165) is 12.8 Å². The van der Waals surface area contributed by atoms with Gasteiger partial charge in [0, 0.05) is 12.1 Å². The molecule has 0 fully saturated rings. The summed E-state index contributed by atoms with van der Waals surface area (Å²) < 4.78 is 9.69. The van der Waals surface area contributed by atoms with Gasteiger partial charge in [0.2, 0.25) is 0 Å². The average Bonchev–Trinajstić information content (AvgIpc) is 2.46. The number of hydrogen-bond donors (Lipinski definition) is 1. The number of benzene rings is 1. The summed E-state index contributed by atoms with van der Waals surface area (Å²) in [6.45, 7) is 1.91. The molecule has 0 heterocycles. The zero-order valence-corrected chi connectivity index (χ0v) is 11.5. The van der Waals surface area contributed by atoms with Gasteiger partial charge in [-0.3, -0.25) is 10.1 Å².